The number of amides is 1. The minimum absolute atomic E-state index is 0.0936. The standard InChI is InChI=1S/C27H20BrNO/c28-23-16-18-24(19-17-23)29-25(20-10-4-1-5-11-20)27(26(29)30,21-12-6-2-7-13-21)22-14-8-3-9-15-22/h1-19,25H. The lowest BCUT2D eigenvalue weighted by molar-refractivity contribution is -0.131. The molecular formula is C27H20BrNO. The minimum Gasteiger partial charge on any atom is -0.302 e. The summed E-state index contributed by atoms with van der Waals surface area (Å²) in [4.78, 5) is 16.0. The van der Waals surface area contributed by atoms with Gasteiger partial charge in [-0.25, -0.2) is 0 Å². The van der Waals surface area contributed by atoms with E-state index < -0.39 is 5.41 Å². The average Bonchev–Trinajstić information content (AvgIpc) is 2.81. The van der Waals surface area contributed by atoms with Crippen LogP contribution in [-0.2, 0) is 10.2 Å². The quantitative estimate of drug-likeness (QED) is 0.322. The highest BCUT2D eigenvalue weighted by atomic mass is 79.9. The summed E-state index contributed by atoms with van der Waals surface area (Å²) in [5.74, 6) is 0.0936. The fraction of sp³-hybridized carbons (Fsp3) is 0.0741. The number of rotatable bonds is 4. The monoisotopic (exact) mass is 453 g/mol. The van der Waals surface area contributed by atoms with Gasteiger partial charge in [-0.2, -0.15) is 0 Å². The smallest absolute Gasteiger partial charge is 0.245 e. The first-order valence-corrected chi connectivity index (χ1v) is 10.8. The van der Waals surface area contributed by atoms with Crippen LogP contribution < -0.4 is 4.90 Å². The van der Waals surface area contributed by atoms with Gasteiger partial charge in [-0.1, -0.05) is 107 Å². The van der Waals surface area contributed by atoms with Gasteiger partial charge in [0.05, 0.1) is 6.04 Å². The van der Waals surface area contributed by atoms with Crippen molar-refractivity contribution in [2.24, 2.45) is 0 Å². The van der Waals surface area contributed by atoms with E-state index in [1.54, 1.807) is 0 Å². The van der Waals surface area contributed by atoms with Gasteiger partial charge in [-0.3, -0.25) is 4.79 Å². The number of hydrogen-bond acceptors (Lipinski definition) is 1. The van der Waals surface area contributed by atoms with Crippen LogP contribution in [0.4, 0.5) is 5.69 Å². The van der Waals surface area contributed by atoms with E-state index >= 15 is 0 Å². The Bertz CT molecular complexity index is 1120. The van der Waals surface area contributed by atoms with E-state index in [0.29, 0.717) is 0 Å². The molecule has 0 radical (unpaired) electrons. The highest BCUT2D eigenvalue weighted by molar-refractivity contribution is 9.10. The summed E-state index contributed by atoms with van der Waals surface area (Å²) in [6.07, 6.45) is 0. The zero-order chi connectivity index (χ0) is 20.6. The van der Waals surface area contributed by atoms with Gasteiger partial charge in [0.1, 0.15) is 5.41 Å². The van der Waals surface area contributed by atoms with Gasteiger partial charge in [0.2, 0.25) is 5.91 Å². The van der Waals surface area contributed by atoms with Crippen molar-refractivity contribution in [1.29, 1.82) is 0 Å². The van der Waals surface area contributed by atoms with E-state index in [1.807, 2.05) is 83.8 Å². The van der Waals surface area contributed by atoms with Gasteiger partial charge in [-0.15, -0.1) is 0 Å². The molecule has 1 heterocycles. The van der Waals surface area contributed by atoms with E-state index in [4.69, 9.17) is 0 Å². The number of carbonyl (C=O) groups is 1. The zero-order valence-electron chi connectivity index (χ0n) is 16.3. The van der Waals surface area contributed by atoms with Crippen LogP contribution in [0.2, 0.25) is 0 Å². The summed E-state index contributed by atoms with van der Waals surface area (Å²) in [6.45, 7) is 0. The third-order valence-corrected chi connectivity index (χ3v) is 6.43. The largest absolute Gasteiger partial charge is 0.302 e. The van der Waals surface area contributed by atoms with Crippen LogP contribution in [0.1, 0.15) is 22.7 Å². The minimum atomic E-state index is -0.767. The van der Waals surface area contributed by atoms with Gasteiger partial charge in [0.25, 0.3) is 0 Å². The molecule has 0 N–H and O–H groups in total. The number of carbonyl (C=O) groups excluding carboxylic acids is 1. The molecule has 1 aliphatic heterocycles. The van der Waals surface area contributed by atoms with Gasteiger partial charge in [0.15, 0.2) is 0 Å². The predicted molar refractivity (Wildman–Crippen MR) is 124 cm³/mol. The molecular weight excluding hydrogens is 434 g/mol. The maximum absolute atomic E-state index is 14.1. The van der Waals surface area contributed by atoms with E-state index in [2.05, 4.69) is 52.3 Å². The molecule has 1 amide bonds. The summed E-state index contributed by atoms with van der Waals surface area (Å²) < 4.78 is 0.993. The highest BCUT2D eigenvalue weighted by Gasteiger charge is 2.63. The fourth-order valence-corrected chi connectivity index (χ4v) is 4.85. The summed E-state index contributed by atoms with van der Waals surface area (Å²) in [6, 6.07) is 38.5. The maximum Gasteiger partial charge on any atom is 0.245 e. The number of hydrogen-bond donors (Lipinski definition) is 0. The van der Waals surface area contributed by atoms with E-state index in [0.717, 1.165) is 26.9 Å². The molecule has 0 aliphatic carbocycles. The lowest BCUT2D eigenvalue weighted by Crippen LogP contribution is -2.67. The molecule has 0 saturated carbocycles. The summed E-state index contributed by atoms with van der Waals surface area (Å²) in [5, 5.41) is 0. The van der Waals surface area contributed by atoms with Crippen LogP contribution >= 0.6 is 15.9 Å². The van der Waals surface area contributed by atoms with Crippen molar-refractivity contribution < 1.29 is 4.79 Å². The second kappa shape index (κ2) is 7.58. The normalized spacial score (nSPS) is 17.4. The van der Waals surface area contributed by atoms with Crippen molar-refractivity contribution in [1.82, 2.24) is 0 Å². The van der Waals surface area contributed by atoms with Crippen molar-refractivity contribution in [3.05, 3.63) is 136 Å². The molecule has 0 bridgehead atoms. The number of benzene rings is 4. The third-order valence-electron chi connectivity index (χ3n) is 5.90. The Kier molecular flexibility index (Phi) is 4.76. The molecule has 1 aliphatic rings. The highest BCUT2D eigenvalue weighted by Crippen LogP contribution is 2.57. The Morgan fingerprint density at radius 2 is 1.10 bits per heavy atom. The first kappa shape index (κ1) is 18.8. The average molecular weight is 454 g/mol. The Balaban J connectivity index is 1.77. The number of β-lactam (4-membered cyclic amide) rings is 1. The first-order valence-electron chi connectivity index (χ1n) is 9.98. The molecule has 4 aromatic rings. The van der Waals surface area contributed by atoms with Crippen LogP contribution in [0.3, 0.4) is 0 Å². The van der Waals surface area contributed by atoms with Gasteiger partial charge < -0.3 is 4.90 Å². The van der Waals surface area contributed by atoms with Crippen molar-refractivity contribution in [2.75, 3.05) is 4.90 Å². The molecule has 0 aromatic heterocycles. The molecule has 30 heavy (non-hydrogen) atoms. The van der Waals surface area contributed by atoms with Crippen molar-refractivity contribution in [3.63, 3.8) is 0 Å². The molecule has 1 atom stereocenters. The van der Waals surface area contributed by atoms with Crippen molar-refractivity contribution in [3.8, 4) is 0 Å². The number of halogens is 1. The van der Waals surface area contributed by atoms with Crippen LogP contribution in [-0.4, -0.2) is 5.91 Å². The fourth-order valence-electron chi connectivity index (χ4n) is 4.59. The van der Waals surface area contributed by atoms with Crippen LogP contribution in [0.25, 0.3) is 0 Å². The van der Waals surface area contributed by atoms with E-state index in [9.17, 15) is 4.79 Å². The Labute approximate surface area is 184 Å². The molecule has 1 fully saturated rings. The topological polar surface area (TPSA) is 20.3 Å². The van der Waals surface area contributed by atoms with Crippen molar-refractivity contribution in [2.45, 2.75) is 11.5 Å². The number of nitrogens with zero attached hydrogens (tertiary/aromatic N) is 1. The third kappa shape index (κ3) is 2.81. The first-order chi connectivity index (χ1) is 14.7. The second-order valence-electron chi connectivity index (χ2n) is 7.50. The molecule has 0 spiro atoms. The van der Waals surface area contributed by atoms with Crippen LogP contribution in [0, 0.1) is 0 Å². The summed E-state index contributed by atoms with van der Waals surface area (Å²) >= 11 is 3.50. The van der Waals surface area contributed by atoms with Gasteiger partial charge in [-0.05, 0) is 41.0 Å². The van der Waals surface area contributed by atoms with Gasteiger partial charge in [0, 0.05) is 10.2 Å². The summed E-state index contributed by atoms with van der Waals surface area (Å²) in [7, 11) is 0. The number of anilines is 1. The zero-order valence-corrected chi connectivity index (χ0v) is 17.9. The predicted octanol–water partition coefficient (Wildman–Crippen LogP) is 6.52. The molecule has 1 saturated heterocycles. The van der Waals surface area contributed by atoms with Gasteiger partial charge >= 0.3 is 0 Å². The SMILES string of the molecule is O=C1N(c2ccc(Br)cc2)C(c2ccccc2)C1(c1ccccc1)c1ccccc1. The Morgan fingerprint density at radius 1 is 0.633 bits per heavy atom. The lowest BCUT2D eigenvalue weighted by atomic mass is 9.59. The van der Waals surface area contributed by atoms with E-state index in [1.165, 1.54) is 0 Å². The second-order valence-corrected chi connectivity index (χ2v) is 8.42. The van der Waals surface area contributed by atoms with Crippen LogP contribution in [0.5, 0.6) is 0 Å². The van der Waals surface area contributed by atoms with E-state index in [-0.39, 0.29) is 11.9 Å². The van der Waals surface area contributed by atoms with Crippen molar-refractivity contribution >= 4 is 27.5 Å². The molecule has 5 rings (SSSR count). The maximum atomic E-state index is 14.1. The van der Waals surface area contributed by atoms with Crippen LogP contribution in [0.15, 0.2) is 120 Å². The Morgan fingerprint density at radius 3 is 1.60 bits per heavy atom. The molecule has 2 nitrogen and oxygen atoms in total. The molecule has 4 aromatic carbocycles. The molecule has 1 unspecified atom stereocenters. The summed E-state index contributed by atoms with van der Waals surface area (Å²) in [5.41, 5.74) is 3.29. The Hall–Kier alpha value is -3.17. The molecule has 3 heteroatoms. The lowest BCUT2D eigenvalue weighted by Gasteiger charge is -2.57. The molecule has 146 valence electrons.